The lowest BCUT2D eigenvalue weighted by Crippen LogP contribution is -2.18. The molecule has 0 radical (unpaired) electrons. The first-order valence-electron chi connectivity index (χ1n) is 12.6. The van der Waals surface area contributed by atoms with Crippen molar-refractivity contribution in [3.63, 3.8) is 0 Å². The lowest BCUT2D eigenvalue weighted by molar-refractivity contribution is -0.140. The second-order valence-electron chi connectivity index (χ2n) is 10.5. The van der Waals surface area contributed by atoms with Crippen LogP contribution in [0.25, 0.3) is 0 Å². The van der Waals surface area contributed by atoms with E-state index in [1.165, 1.54) is 63.9 Å². The molecule has 0 spiro atoms. The van der Waals surface area contributed by atoms with E-state index >= 15 is 0 Å². The van der Waals surface area contributed by atoms with E-state index in [1.54, 1.807) is 0 Å². The number of benzene rings is 1. The maximum Gasteiger partial charge on any atom is 0.419 e. The van der Waals surface area contributed by atoms with Crippen molar-refractivity contribution in [2.45, 2.75) is 109 Å². The van der Waals surface area contributed by atoms with Gasteiger partial charge >= 0.3 is 6.18 Å². The highest BCUT2D eigenvalue weighted by molar-refractivity contribution is 5.29. The Balaban J connectivity index is 1.36. The summed E-state index contributed by atoms with van der Waals surface area (Å²) in [4.78, 5) is 0. The Labute approximate surface area is 186 Å². The molecule has 2 fully saturated rings. The van der Waals surface area contributed by atoms with Crippen LogP contribution in [0.5, 0.6) is 0 Å². The smallest absolute Gasteiger partial charge is 0.206 e. The van der Waals surface area contributed by atoms with Gasteiger partial charge in [0.2, 0.25) is 0 Å². The minimum Gasteiger partial charge on any atom is -0.206 e. The first kappa shape index (κ1) is 24.6. The molecule has 1 atom stereocenters. The van der Waals surface area contributed by atoms with Gasteiger partial charge in [-0.15, -0.1) is 0 Å². The van der Waals surface area contributed by atoms with Gasteiger partial charge in [-0.3, -0.25) is 0 Å². The molecule has 1 aromatic carbocycles. The topological polar surface area (TPSA) is 0 Å². The number of hydrogen-bond acceptors (Lipinski definition) is 0. The van der Waals surface area contributed by atoms with E-state index in [1.807, 2.05) is 0 Å². The minimum atomic E-state index is -4.62. The molecule has 2 saturated carbocycles. The second-order valence-corrected chi connectivity index (χ2v) is 10.5. The van der Waals surface area contributed by atoms with E-state index in [0.29, 0.717) is 0 Å². The molecule has 0 nitrogen and oxygen atoms in total. The summed E-state index contributed by atoms with van der Waals surface area (Å²) in [6.45, 7) is 4.66. The van der Waals surface area contributed by atoms with Crippen molar-refractivity contribution < 1.29 is 17.6 Å². The summed E-state index contributed by atoms with van der Waals surface area (Å²) in [5.74, 6) is 2.51. The van der Waals surface area contributed by atoms with Crippen LogP contribution in [-0.2, 0) is 6.18 Å². The Hall–Kier alpha value is -1.06. The van der Waals surface area contributed by atoms with Crippen molar-refractivity contribution in [3.05, 3.63) is 35.1 Å². The van der Waals surface area contributed by atoms with Crippen LogP contribution in [0.3, 0.4) is 0 Å². The molecule has 0 heterocycles. The van der Waals surface area contributed by atoms with Gasteiger partial charge in [-0.2, -0.15) is 13.2 Å². The first-order chi connectivity index (χ1) is 14.8. The third-order valence-corrected chi connectivity index (χ3v) is 8.33. The van der Waals surface area contributed by atoms with Crippen molar-refractivity contribution in [1.82, 2.24) is 0 Å². The zero-order valence-electron chi connectivity index (χ0n) is 19.3. The standard InChI is InChI=1S/C27H40F4/c1-3-19(2)4-5-20-6-8-21(9-7-20)10-11-22-12-14-23(15-13-22)24-16-17-25(26(28)18-24)27(29,30)31/h16-23H,3-15H2,1-2H3. The van der Waals surface area contributed by atoms with Crippen LogP contribution in [0.1, 0.15) is 114 Å². The van der Waals surface area contributed by atoms with Gasteiger partial charge in [-0.25, -0.2) is 4.39 Å². The summed E-state index contributed by atoms with van der Waals surface area (Å²) in [5, 5.41) is 0. The Morgan fingerprint density at radius 2 is 1.35 bits per heavy atom. The van der Waals surface area contributed by atoms with Gasteiger partial charge in [0.1, 0.15) is 5.82 Å². The van der Waals surface area contributed by atoms with E-state index in [0.717, 1.165) is 67.1 Å². The summed E-state index contributed by atoms with van der Waals surface area (Å²) in [7, 11) is 0. The summed E-state index contributed by atoms with van der Waals surface area (Å²) >= 11 is 0. The Morgan fingerprint density at radius 1 is 0.839 bits per heavy atom. The van der Waals surface area contributed by atoms with Crippen LogP contribution < -0.4 is 0 Å². The third kappa shape index (κ3) is 7.22. The van der Waals surface area contributed by atoms with Gasteiger partial charge < -0.3 is 0 Å². The predicted octanol–water partition coefficient (Wildman–Crippen LogP) is 9.53. The van der Waals surface area contributed by atoms with Gasteiger partial charge in [0.15, 0.2) is 0 Å². The number of hydrogen-bond donors (Lipinski definition) is 0. The van der Waals surface area contributed by atoms with Gasteiger partial charge in [0, 0.05) is 0 Å². The molecule has 0 amide bonds. The Bertz CT molecular complexity index is 664. The molecule has 31 heavy (non-hydrogen) atoms. The molecule has 1 unspecified atom stereocenters. The highest BCUT2D eigenvalue weighted by Crippen LogP contribution is 2.41. The molecule has 176 valence electrons. The maximum atomic E-state index is 13.9. The highest BCUT2D eigenvalue weighted by atomic mass is 19.4. The van der Waals surface area contributed by atoms with E-state index in [9.17, 15) is 17.6 Å². The number of alkyl halides is 3. The molecule has 0 saturated heterocycles. The minimum absolute atomic E-state index is 0.203. The summed E-state index contributed by atoms with van der Waals surface area (Å²) in [6.07, 6.45) is 11.9. The quantitative estimate of drug-likeness (QED) is 0.353. The molecule has 2 aliphatic carbocycles. The van der Waals surface area contributed by atoms with Crippen LogP contribution in [0.15, 0.2) is 18.2 Å². The third-order valence-electron chi connectivity index (χ3n) is 8.33. The van der Waals surface area contributed by atoms with Crippen LogP contribution >= 0.6 is 0 Å². The van der Waals surface area contributed by atoms with Crippen LogP contribution in [0, 0.1) is 29.5 Å². The van der Waals surface area contributed by atoms with Crippen molar-refractivity contribution in [1.29, 1.82) is 0 Å². The van der Waals surface area contributed by atoms with E-state index in [2.05, 4.69) is 13.8 Å². The lowest BCUT2D eigenvalue weighted by Gasteiger charge is -2.32. The summed E-state index contributed by atoms with van der Waals surface area (Å²) in [6, 6.07) is 3.51. The molecule has 0 bridgehead atoms. The van der Waals surface area contributed by atoms with Crippen LogP contribution in [0.2, 0.25) is 0 Å². The fourth-order valence-electron chi connectivity index (χ4n) is 5.80. The lowest BCUT2D eigenvalue weighted by atomic mass is 9.73. The Kier molecular flexibility index (Phi) is 8.87. The highest BCUT2D eigenvalue weighted by Gasteiger charge is 2.34. The molecule has 3 rings (SSSR count). The van der Waals surface area contributed by atoms with Crippen LogP contribution in [-0.4, -0.2) is 0 Å². The zero-order valence-corrected chi connectivity index (χ0v) is 19.3. The molecular weight excluding hydrogens is 400 g/mol. The zero-order chi connectivity index (χ0) is 22.4. The fraction of sp³-hybridized carbons (Fsp3) is 0.778. The molecule has 1 aromatic rings. The molecular formula is C27H40F4. The fourth-order valence-corrected chi connectivity index (χ4v) is 5.80. The number of rotatable bonds is 8. The van der Waals surface area contributed by atoms with E-state index in [-0.39, 0.29) is 5.92 Å². The molecule has 0 aromatic heterocycles. The molecule has 0 aliphatic heterocycles. The summed E-state index contributed by atoms with van der Waals surface area (Å²) in [5.41, 5.74) is -0.417. The summed E-state index contributed by atoms with van der Waals surface area (Å²) < 4.78 is 52.3. The van der Waals surface area contributed by atoms with Crippen molar-refractivity contribution in [3.8, 4) is 0 Å². The van der Waals surface area contributed by atoms with Crippen molar-refractivity contribution in [2.24, 2.45) is 23.7 Å². The maximum absolute atomic E-state index is 13.9. The largest absolute Gasteiger partial charge is 0.419 e. The normalized spacial score (nSPS) is 28.5. The first-order valence-corrected chi connectivity index (χ1v) is 12.6. The van der Waals surface area contributed by atoms with Gasteiger partial charge in [-0.1, -0.05) is 77.7 Å². The van der Waals surface area contributed by atoms with E-state index in [4.69, 9.17) is 0 Å². The Morgan fingerprint density at radius 3 is 1.84 bits per heavy atom. The molecule has 0 N–H and O–H groups in total. The predicted molar refractivity (Wildman–Crippen MR) is 119 cm³/mol. The van der Waals surface area contributed by atoms with Gasteiger partial charge in [0.25, 0.3) is 0 Å². The monoisotopic (exact) mass is 440 g/mol. The van der Waals surface area contributed by atoms with Gasteiger partial charge in [-0.05, 0) is 73.0 Å². The van der Waals surface area contributed by atoms with E-state index < -0.39 is 17.6 Å². The molecule has 2 aliphatic rings. The van der Waals surface area contributed by atoms with Gasteiger partial charge in [0.05, 0.1) is 5.56 Å². The van der Waals surface area contributed by atoms with Crippen LogP contribution in [0.4, 0.5) is 17.6 Å². The van der Waals surface area contributed by atoms with Crippen molar-refractivity contribution in [2.75, 3.05) is 0 Å². The average molecular weight is 441 g/mol. The SMILES string of the molecule is CCC(C)CCC1CCC(CCC2CCC(c3ccc(C(F)(F)F)c(F)c3)CC2)CC1. The number of halogens is 4. The second kappa shape index (κ2) is 11.2. The average Bonchev–Trinajstić information content (AvgIpc) is 2.76. The van der Waals surface area contributed by atoms with Crippen molar-refractivity contribution >= 4 is 0 Å². The molecule has 4 heteroatoms.